The fraction of sp³-hybridized carbons (Fsp3) is 0. The Morgan fingerprint density at radius 2 is 1.33 bits per heavy atom. The van der Waals surface area contributed by atoms with E-state index in [4.69, 9.17) is 4.98 Å². The second-order valence-electron chi connectivity index (χ2n) is 8.51. The first-order valence-corrected chi connectivity index (χ1v) is 11.8. The van der Waals surface area contributed by atoms with Gasteiger partial charge in [-0.2, -0.15) is 0 Å². The Kier molecular flexibility index (Phi) is 5.60. The maximum Gasteiger partial charge on any atom is 0.140 e. The maximum absolute atomic E-state index is 10.4. The summed E-state index contributed by atoms with van der Waals surface area (Å²) in [5.74, 6) is 1.83. The van der Waals surface area contributed by atoms with Gasteiger partial charge in [0.2, 0.25) is 0 Å². The molecule has 6 rings (SSSR count). The van der Waals surface area contributed by atoms with Crippen molar-refractivity contribution in [3.63, 3.8) is 0 Å². The highest BCUT2D eigenvalue weighted by atomic mass is 16.3. The van der Waals surface area contributed by atoms with Gasteiger partial charge >= 0.3 is 0 Å². The molecule has 4 heteroatoms. The lowest BCUT2D eigenvalue weighted by atomic mass is 9.98. The number of rotatable bonds is 5. The molecule has 0 saturated heterocycles. The summed E-state index contributed by atoms with van der Waals surface area (Å²) in [5.41, 5.74) is 4.55. The molecule has 4 aromatic carbocycles. The van der Waals surface area contributed by atoms with Crippen molar-refractivity contribution in [2.24, 2.45) is 0 Å². The van der Waals surface area contributed by atoms with E-state index in [2.05, 4.69) is 52.3 Å². The van der Waals surface area contributed by atoms with Crippen LogP contribution in [0.2, 0.25) is 0 Å². The quantitative estimate of drug-likeness (QED) is 0.279. The van der Waals surface area contributed by atoms with Gasteiger partial charge in [0.1, 0.15) is 17.4 Å². The molecular weight excluding hydrogens is 442 g/mol. The molecule has 0 aliphatic heterocycles. The molecule has 0 fully saturated rings. The minimum atomic E-state index is 0.256. The molecule has 0 aliphatic carbocycles. The van der Waals surface area contributed by atoms with Crippen LogP contribution in [0.1, 0.15) is 0 Å². The zero-order valence-corrected chi connectivity index (χ0v) is 19.5. The highest BCUT2D eigenvalue weighted by molar-refractivity contribution is 5.98. The van der Waals surface area contributed by atoms with Gasteiger partial charge in [0.05, 0.1) is 5.69 Å². The van der Waals surface area contributed by atoms with Gasteiger partial charge < -0.3 is 5.11 Å². The van der Waals surface area contributed by atoms with Crippen molar-refractivity contribution < 1.29 is 5.11 Å². The number of pyridine rings is 2. The van der Waals surface area contributed by atoms with E-state index in [1.807, 2.05) is 78.9 Å². The molecule has 0 unspecified atom stereocenters. The lowest BCUT2D eigenvalue weighted by molar-refractivity contribution is 0.477. The standard InChI is InChI=1S/C32H23N3O/c36-29-18-7-6-16-27(29)23-12-10-13-25(21-23)32-28-17-5-4-11-24(28)22-31(34-32)35(26-14-2-1-3-15-26)30-19-8-9-20-33-30/h1-22,36H. The van der Waals surface area contributed by atoms with Crippen LogP contribution in [0.5, 0.6) is 5.75 Å². The third kappa shape index (κ3) is 4.05. The third-order valence-corrected chi connectivity index (χ3v) is 6.20. The topological polar surface area (TPSA) is 49.3 Å². The van der Waals surface area contributed by atoms with Gasteiger partial charge in [0.25, 0.3) is 0 Å². The zero-order valence-electron chi connectivity index (χ0n) is 19.5. The molecule has 1 N–H and O–H groups in total. The lowest BCUT2D eigenvalue weighted by Gasteiger charge is -2.24. The van der Waals surface area contributed by atoms with Crippen molar-refractivity contribution in [1.29, 1.82) is 0 Å². The summed E-state index contributed by atoms with van der Waals surface area (Å²) in [6.07, 6.45) is 1.79. The van der Waals surface area contributed by atoms with Gasteiger partial charge in [-0.05, 0) is 53.4 Å². The summed E-state index contributed by atoms with van der Waals surface area (Å²) >= 11 is 0. The van der Waals surface area contributed by atoms with Gasteiger partial charge in [-0.15, -0.1) is 0 Å². The van der Waals surface area contributed by atoms with Gasteiger partial charge in [0, 0.05) is 28.4 Å². The number of hydrogen-bond donors (Lipinski definition) is 1. The second kappa shape index (κ2) is 9.35. The molecule has 0 atom stereocenters. The Morgan fingerprint density at radius 1 is 0.583 bits per heavy atom. The number of nitrogens with zero attached hydrogens (tertiary/aromatic N) is 3. The summed E-state index contributed by atoms with van der Waals surface area (Å²) in [4.78, 5) is 11.9. The molecule has 2 heterocycles. The van der Waals surface area contributed by atoms with E-state index in [1.54, 1.807) is 12.3 Å². The van der Waals surface area contributed by atoms with Gasteiger partial charge in [-0.3, -0.25) is 4.90 Å². The average Bonchev–Trinajstić information content (AvgIpc) is 2.94. The molecule has 6 aromatic rings. The van der Waals surface area contributed by atoms with E-state index in [1.165, 1.54) is 0 Å². The largest absolute Gasteiger partial charge is 0.507 e. The average molecular weight is 466 g/mol. The third-order valence-electron chi connectivity index (χ3n) is 6.20. The van der Waals surface area contributed by atoms with E-state index in [0.29, 0.717) is 0 Å². The molecule has 0 aliphatic rings. The predicted molar refractivity (Wildman–Crippen MR) is 147 cm³/mol. The van der Waals surface area contributed by atoms with E-state index in [9.17, 15) is 5.11 Å². The summed E-state index contributed by atoms with van der Waals surface area (Å²) in [7, 11) is 0. The molecule has 4 nitrogen and oxygen atoms in total. The van der Waals surface area contributed by atoms with E-state index in [0.717, 1.165) is 50.5 Å². The first-order chi connectivity index (χ1) is 17.8. The highest BCUT2D eigenvalue weighted by Crippen LogP contribution is 2.38. The van der Waals surface area contributed by atoms with Gasteiger partial charge in [-0.1, -0.05) is 84.9 Å². The zero-order chi connectivity index (χ0) is 24.3. The second-order valence-corrected chi connectivity index (χ2v) is 8.51. The first-order valence-electron chi connectivity index (χ1n) is 11.8. The monoisotopic (exact) mass is 465 g/mol. The van der Waals surface area contributed by atoms with Crippen molar-refractivity contribution in [3.8, 4) is 28.1 Å². The van der Waals surface area contributed by atoms with E-state index in [-0.39, 0.29) is 5.75 Å². The maximum atomic E-state index is 10.4. The van der Waals surface area contributed by atoms with Crippen LogP contribution < -0.4 is 4.90 Å². The van der Waals surface area contributed by atoms with Crippen LogP contribution in [0.3, 0.4) is 0 Å². The molecular formula is C32H23N3O. The van der Waals surface area contributed by atoms with E-state index < -0.39 is 0 Å². The summed E-state index contributed by atoms with van der Waals surface area (Å²) in [5, 5.41) is 12.6. The van der Waals surface area contributed by atoms with Crippen molar-refractivity contribution in [2.45, 2.75) is 0 Å². The van der Waals surface area contributed by atoms with Crippen LogP contribution in [-0.4, -0.2) is 15.1 Å². The Hall–Kier alpha value is -4.96. The molecule has 0 radical (unpaired) electrons. The number of phenolic OH excluding ortho intramolecular Hbond substituents is 1. The van der Waals surface area contributed by atoms with Gasteiger partial charge in [0.15, 0.2) is 0 Å². The Balaban J connectivity index is 1.58. The molecule has 0 saturated carbocycles. The minimum Gasteiger partial charge on any atom is -0.507 e. The first kappa shape index (κ1) is 21.6. The van der Waals surface area contributed by atoms with Crippen LogP contribution in [0, 0.1) is 0 Å². The number of para-hydroxylation sites is 2. The van der Waals surface area contributed by atoms with Crippen LogP contribution in [-0.2, 0) is 0 Å². The molecule has 0 amide bonds. The van der Waals surface area contributed by atoms with Crippen molar-refractivity contribution in [3.05, 3.63) is 134 Å². The number of anilines is 3. The van der Waals surface area contributed by atoms with E-state index >= 15 is 0 Å². The Labute approximate surface area is 209 Å². The SMILES string of the molecule is Oc1ccccc1-c1cccc(-c2nc(N(c3ccccc3)c3ccccn3)cc3ccccc23)c1. The highest BCUT2D eigenvalue weighted by Gasteiger charge is 2.18. The molecule has 172 valence electrons. The van der Waals surface area contributed by atoms with Crippen molar-refractivity contribution in [2.75, 3.05) is 4.90 Å². The fourth-order valence-electron chi connectivity index (χ4n) is 4.52. The van der Waals surface area contributed by atoms with Crippen molar-refractivity contribution >= 4 is 28.1 Å². The number of aromatic nitrogens is 2. The van der Waals surface area contributed by atoms with Crippen LogP contribution in [0.15, 0.2) is 134 Å². The fourth-order valence-corrected chi connectivity index (χ4v) is 4.52. The summed E-state index contributed by atoms with van der Waals surface area (Å²) in [6.45, 7) is 0. The smallest absolute Gasteiger partial charge is 0.140 e. The van der Waals surface area contributed by atoms with Gasteiger partial charge in [-0.25, -0.2) is 9.97 Å². The van der Waals surface area contributed by atoms with Crippen molar-refractivity contribution in [1.82, 2.24) is 9.97 Å². The number of aromatic hydroxyl groups is 1. The van der Waals surface area contributed by atoms with Crippen LogP contribution in [0.4, 0.5) is 17.3 Å². The number of phenols is 1. The Bertz CT molecular complexity index is 1610. The molecule has 2 aromatic heterocycles. The lowest BCUT2D eigenvalue weighted by Crippen LogP contribution is -2.13. The summed E-state index contributed by atoms with van der Waals surface area (Å²) < 4.78 is 0. The normalized spacial score (nSPS) is 10.9. The minimum absolute atomic E-state index is 0.256. The number of benzene rings is 4. The Morgan fingerprint density at radius 3 is 2.17 bits per heavy atom. The molecule has 36 heavy (non-hydrogen) atoms. The predicted octanol–water partition coefficient (Wildman–Crippen LogP) is 8.14. The number of hydrogen-bond acceptors (Lipinski definition) is 4. The van der Waals surface area contributed by atoms with Crippen LogP contribution >= 0.6 is 0 Å². The molecule has 0 bridgehead atoms. The number of fused-ring (bicyclic) bond motifs is 1. The summed E-state index contributed by atoms with van der Waals surface area (Å²) in [6, 6.07) is 42.0. The molecule has 0 spiro atoms. The van der Waals surface area contributed by atoms with Crippen LogP contribution in [0.25, 0.3) is 33.2 Å².